The van der Waals surface area contributed by atoms with Gasteiger partial charge in [-0.1, -0.05) is 45.0 Å². The van der Waals surface area contributed by atoms with E-state index < -0.39 is 52.5 Å². The van der Waals surface area contributed by atoms with Gasteiger partial charge in [-0.25, -0.2) is 13.4 Å². The van der Waals surface area contributed by atoms with Crippen molar-refractivity contribution in [3.8, 4) is 23.1 Å². The number of benzene rings is 2. The number of anilines is 1. The van der Waals surface area contributed by atoms with Crippen LogP contribution in [0.15, 0.2) is 71.4 Å². The van der Waals surface area contributed by atoms with Crippen molar-refractivity contribution in [3.05, 3.63) is 72.1 Å². The fraction of sp³-hybridized carbons (Fsp3) is 0.333. The van der Waals surface area contributed by atoms with E-state index in [-0.39, 0.29) is 46.0 Å². The zero-order chi connectivity index (χ0) is 35.2. The van der Waals surface area contributed by atoms with Gasteiger partial charge in [0.25, 0.3) is 27.5 Å². The Labute approximate surface area is 265 Å². The molecule has 0 aliphatic heterocycles. The van der Waals surface area contributed by atoms with Crippen LogP contribution in [0.4, 0.5) is 32.2 Å². The highest BCUT2D eigenvalue weighted by Gasteiger charge is 2.50. The monoisotopic (exact) mass is 689 g/mol. The first-order valence-electron chi connectivity index (χ1n) is 13.6. The van der Waals surface area contributed by atoms with E-state index in [4.69, 9.17) is 14.2 Å². The topological polar surface area (TPSA) is 134 Å². The van der Waals surface area contributed by atoms with Gasteiger partial charge in [0.2, 0.25) is 5.75 Å². The van der Waals surface area contributed by atoms with Gasteiger partial charge in [-0.2, -0.15) is 31.3 Å². The second-order valence-electron chi connectivity index (χ2n) is 10.8. The van der Waals surface area contributed by atoms with E-state index in [2.05, 4.69) is 14.7 Å². The van der Waals surface area contributed by atoms with Gasteiger partial charge in [0.05, 0.1) is 24.2 Å². The fourth-order valence-electron chi connectivity index (χ4n) is 3.82. The average Bonchev–Trinajstić information content (AvgIpc) is 2.98. The third-order valence-electron chi connectivity index (χ3n) is 6.23. The molecule has 0 saturated heterocycles. The Balaban J connectivity index is 1.90. The lowest BCUT2D eigenvalue weighted by atomic mass is 9.87. The van der Waals surface area contributed by atoms with E-state index in [1.807, 2.05) is 20.8 Å². The Kier molecular flexibility index (Phi) is 11.3. The van der Waals surface area contributed by atoms with Gasteiger partial charge in [0, 0.05) is 6.07 Å². The normalized spacial score (nSPS) is 12.2. The lowest BCUT2D eigenvalue weighted by molar-refractivity contribution is -0.175. The number of ketones is 2. The lowest BCUT2D eigenvalue weighted by Gasteiger charge is -2.19. The summed E-state index contributed by atoms with van der Waals surface area (Å²) in [6, 6.07) is 12.2. The van der Waals surface area contributed by atoms with Crippen LogP contribution < -0.4 is 18.9 Å². The summed E-state index contributed by atoms with van der Waals surface area (Å²) in [5.41, 5.74) is -1.43. The number of aromatic nitrogens is 2. The maximum Gasteiger partial charge on any atom is 0.454 e. The van der Waals surface area contributed by atoms with E-state index in [9.17, 15) is 44.3 Å². The summed E-state index contributed by atoms with van der Waals surface area (Å²) in [5.74, 6) is -6.44. The van der Waals surface area contributed by atoms with Gasteiger partial charge in [0.1, 0.15) is 17.8 Å². The summed E-state index contributed by atoms with van der Waals surface area (Å²) in [7, 11) is -2.86. The zero-order valence-corrected chi connectivity index (χ0v) is 26.1. The summed E-state index contributed by atoms with van der Waals surface area (Å²) < 4.78 is 122. The molecule has 1 N–H and O–H groups in total. The number of ether oxygens (including phenoxy) is 3. The van der Waals surface area contributed by atoms with Crippen LogP contribution in [-0.2, 0) is 25.0 Å². The van der Waals surface area contributed by atoms with Gasteiger partial charge in [-0.05, 0) is 48.1 Å². The van der Waals surface area contributed by atoms with Crippen molar-refractivity contribution in [1.29, 1.82) is 0 Å². The maximum atomic E-state index is 13.3. The third-order valence-corrected chi connectivity index (χ3v) is 7.59. The number of hydrogen-bond acceptors (Lipinski definition) is 9. The van der Waals surface area contributed by atoms with E-state index in [1.54, 1.807) is 24.3 Å². The lowest BCUT2D eigenvalue weighted by Crippen LogP contribution is -2.34. The first-order valence-corrected chi connectivity index (χ1v) is 15.1. The molecule has 0 amide bonds. The van der Waals surface area contributed by atoms with Crippen LogP contribution in [0.3, 0.4) is 0 Å². The molecule has 0 spiro atoms. The Bertz CT molecular complexity index is 1710. The minimum absolute atomic E-state index is 0.108. The van der Waals surface area contributed by atoms with Crippen LogP contribution in [0.25, 0.3) is 0 Å². The SMILES string of the molecule is COc1cccc(Oc2c(NS(=O)(=O)c3ccc(C(C)(C)C)cc3)ncnc2OCCCC=C(C(=O)C(F)(F)F)C(=O)C(F)(F)F)c1. The summed E-state index contributed by atoms with van der Waals surface area (Å²) in [6.45, 7) is 5.44. The number of unbranched alkanes of at least 4 members (excludes halogenated alkanes) is 1. The van der Waals surface area contributed by atoms with Gasteiger partial charge >= 0.3 is 12.4 Å². The molecule has 0 aliphatic rings. The number of nitrogens with zero attached hydrogens (tertiary/aromatic N) is 2. The molecule has 2 aromatic carbocycles. The van der Waals surface area contributed by atoms with Crippen molar-refractivity contribution in [2.24, 2.45) is 0 Å². The molecule has 0 unspecified atom stereocenters. The predicted octanol–water partition coefficient (Wildman–Crippen LogP) is 6.72. The number of methoxy groups -OCH3 is 1. The van der Waals surface area contributed by atoms with Crippen molar-refractivity contribution in [3.63, 3.8) is 0 Å². The van der Waals surface area contributed by atoms with Crippen LogP contribution >= 0.6 is 0 Å². The molecule has 0 aliphatic carbocycles. The number of halogens is 6. The Morgan fingerprint density at radius 3 is 2.04 bits per heavy atom. The number of rotatable bonds is 13. The van der Waals surface area contributed by atoms with Crippen LogP contribution in [0, 0.1) is 0 Å². The van der Waals surface area contributed by atoms with Crippen molar-refractivity contribution in [2.75, 3.05) is 18.4 Å². The average molecular weight is 690 g/mol. The summed E-state index contributed by atoms with van der Waals surface area (Å²) >= 11 is 0. The highest BCUT2D eigenvalue weighted by atomic mass is 32.2. The van der Waals surface area contributed by atoms with Crippen molar-refractivity contribution in [1.82, 2.24) is 9.97 Å². The Morgan fingerprint density at radius 1 is 0.894 bits per heavy atom. The van der Waals surface area contributed by atoms with Gasteiger partial charge in [-0.3, -0.25) is 14.3 Å². The molecule has 0 fully saturated rings. The molecule has 47 heavy (non-hydrogen) atoms. The van der Waals surface area contributed by atoms with E-state index >= 15 is 0 Å². The molecule has 3 rings (SSSR count). The molecule has 3 aromatic rings. The minimum Gasteiger partial charge on any atom is -0.497 e. The third kappa shape index (κ3) is 9.91. The first-order chi connectivity index (χ1) is 21.7. The summed E-state index contributed by atoms with van der Waals surface area (Å²) in [6.07, 6.45) is -11.2. The van der Waals surface area contributed by atoms with Crippen LogP contribution in [0.2, 0.25) is 0 Å². The van der Waals surface area contributed by atoms with Crippen LogP contribution in [0.5, 0.6) is 23.1 Å². The number of hydrogen-bond donors (Lipinski definition) is 1. The summed E-state index contributed by atoms with van der Waals surface area (Å²) in [5, 5.41) is 0. The van der Waals surface area contributed by atoms with Crippen LogP contribution in [0.1, 0.15) is 39.2 Å². The molecular weight excluding hydrogens is 660 g/mol. The quantitative estimate of drug-likeness (QED) is 0.0682. The second-order valence-corrected chi connectivity index (χ2v) is 12.5. The van der Waals surface area contributed by atoms with Crippen molar-refractivity contribution >= 4 is 27.4 Å². The number of sulfonamides is 1. The number of Topliss-reactive ketones (excluding diaryl/α,β-unsaturated/α-hetero) is 2. The highest BCUT2D eigenvalue weighted by Crippen LogP contribution is 2.38. The summed E-state index contributed by atoms with van der Waals surface area (Å²) in [4.78, 5) is 30.7. The molecule has 1 heterocycles. The highest BCUT2D eigenvalue weighted by molar-refractivity contribution is 7.92. The van der Waals surface area contributed by atoms with E-state index in [1.165, 1.54) is 31.4 Å². The van der Waals surface area contributed by atoms with Gasteiger partial charge < -0.3 is 14.2 Å². The molecule has 1 aromatic heterocycles. The van der Waals surface area contributed by atoms with Crippen molar-refractivity contribution in [2.45, 2.75) is 56.3 Å². The molecule has 0 saturated carbocycles. The molecule has 17 heteroatoms. The predicted molar refractivity (Wildman–Crippen MR) is 156 cm³/mol. The number of nitrogens with one attached hydrogen (secondary N) is 1. The second kappa shape index (κ2) is 14.4. The Hall–Kier alpha value is -4.67. The molecule has 0 atom stereocenters. The van der Waals surface area contributed by atoms with Gasteiger partial charge in [0.15, 0.2) is 5.82 Å². The largest absolute Gasteiger partial charge is 0.497 e. The molecule has 0 radical (unpaired) electrons. The van der Waals surface area contributed by atoms with Crippen molar-refractivity contribution < 1.29 is 58.6 Å². The van der Waals surface area contributed by atoms with E-state index in [0.29, 0.717) is 5.75 Å². The minimum atomic E-state index is -5.71. The molecular formula is C30H29F6N3O7S. The standard InChI is InChI=1S/C30H29F6N3O7S/c1-28(2,3)18-11-13-21(14-12-18)47(42,43)39-26-23(46-20-9-7-8-19(16-20)44-4)27(38-17-37-26)45-15-6-5-10-22(24(40)29(31,32)33)25(41)30(34,35)36/h7-14,16-17H,5-6,15H2,1-4H3,(H,37,38,39). The van der Waals surface area contributed by atoms with Crippen LogP contribution in [-0.4, -0.2) is 56.0 Å². The zero-order valence-electron chi connectivity index (χ0n) is 25.3. The molecule has 10 nitrogen and oxygen atoms in total. The van der Waals surface area contributed by atoms with Gasteiger partial charge in [-0.15, -0.1) is 0 Å². The smallest absolute Gasteiger partial charge is 0.454 e. The first kappa shape index (κ1) is 36.8. The number of alkyl halides is 6. The maximum absolute atomic E-state index is 13.3. The molecule has 254 valence electrons. The number of carbonyl (C=O) groups is 2. The molecule has 0 bridgehead atoms. The Morgan fingerprint density at radius 2 is 1.49 bits per heavy atom. The number of carbonyl (C=O) groups excluding carboxylic acids is 2. The fourth-order valence-corrected chi connectivity index (χ4v) is 4.83. The van der Waals surface area contributed by atoms with E-state index in [0.717, 1.165) is 11.9 Å². The number of allylic oxidation sites excluding steroid dienone is 2.